The minimum atomic E-state index is 1.21. The highest BCUT2D eigenvalue weighted by atomic mass is 13.9. The average molecular weight is 190 g/mol. The molecule has 0 fully saturated rings. The molecule has 0 bridgehead atoms. The second-order valence-corrected chi connectivity index (χ2v) is 3.85. The summed E-state index contributed by atoms with van der Waals surface area (Å²) in [6, 6.07) is 0. The van der Waals surface area contributed by atoms with Crippen molar-refractivity contribution in [2.75, 3.05) is 0 Å². The molecule has 1 rings (SSSR count). The van der Waals surface area contributed by atoms with E-state index in [1.165, 1.54) is 51.4 Å². The summed E-state index contributed by atoms with van der Waals surface area (Å²) in [7, 11) is 0. The first-order chi connectivity index (χ1) is 7.00. The van der Waals surface area contributed by atoms with Gasteiger partial charge in [0.05, 0.1) is 0 Å². The molecular formula is C14H22. The molecule has 0 aromatic heterocycles. The summed E-state index contributed by atoms with van der Waals surface area (Å²) in [5, 5.41) is 0. The fourth-order valence-corrected chi connectivity index (χ4v) is 1.62. The van der Waals surface area contributed by atoms with Gasteiger partial charge in [0.1, 0.15) is 0 Å². The van der Waals surface area contributed by atoms with E-state index in [2.05, 4.69) is 36.5 Å². The Kier molecular flexibility index (Phi) is 7.10. The van der Waals surface area contributed by atoms with Gasteiger partial charge in [0, 0.05) is 0 Å². The Hall–Kier alpha value is -0.780. The van der Waals surface area contributed by atoms with E-state index in [0.717, 1.165) is 0 Å². The topological polar surface area (TPSA) is 0 Å². The molecule has 0 nitrogen and oxygen atoms in total. The van der Waals surface area contributed by atoms with Gasteiger partial charge in [-0.3, -0.25) is 0 Å². The Labute approximate surface area is 88.4 Å². The zero-order chi connectivity index (χ0) is 9.90. The lowest BCUT2D eigenvalue weighted by molar-refractivity contribution is 0.758. The van der Waals surface area contributed by atoms with Crippen molar-refractivity contribution in [3.05, 3.63) is 36.5 Å². The van der Waals surface area contributed by atoms with Crippen LogP contribution in [0, 0.1) is 0 Å². The van der Waals surface area contributed by atoms with E-state index >= 15 is 0 Å². The van der Waals surface area contributed by atoms with Crippen molar-refractivity contribution >= 4 is 0 Å². The Morgan fingerprint density at radius 2 is 0.643 bits per heavy atom. The van der Waals surface area contributed by atoms with Crippen LogP contribution >= 0.6 is 0 Å². The first kappa shape index (κ1) is 11.3. The van der Waals surface area contributed by atoms with Crippen molar-refractivity contribution in [3.8, 4) is 0 Å². The molecule has 1 aliphatic rings. The second-order valence-electron chi connectivity index (χ2n) is 3.85. The third kappa shape index (κ3) is 6.71. The minimum absolute atomic E-state index is 1.21. The first-order valence-electron chi connectivity index (χ1n) is 5.95. The molecular weight excluding hydrogens is 168 g/mol. The molecule has 78 valence electrons. The van der Waals surface area contributed by atoms with Crippen LogP contribution in [0.4, 0.5) is 0 Å². The highest BCUT2D eigenvalue weighted by molar-refractivity contribution is 4.91. The maximum Gasteiger partial charge on any atom is -0.0316 e. The highest BCUT2D eigenvalue weighted by Crippen LogP contribution is 2.05. The van der Waals surface area contributed by atoms with Gasteiger partial charge in [-0.2, -0.15) is 0 Å². The third-order valence-corrected chi connectivity index (χ3v) is 2.49. The molecule has 0 aromatic carbocycles. The van der Waals surface area contributed by atoms with Gasteiger partial charge in [0.15, 0.2) is 0 Å². The molecule has 0 saturated carbocycles. The number of allylic oxidation sites excluding steroid dienone is 6. The molecule has 0 spiro atoms. The van der Waals surface area contributed by atoms with Gasteiger partial charge in [0.25, 0.3) is 0 Å². The third-order valence-electron chi connectivity index (χ3n) is 2.49. The van der Waals surface area contributed by atoms with Crippen LogP contribution in [0.15, 0.2) is 36.5 Å². The average Bonchev–Trinajstić information content (AvgIpc) is 2.22. The normalized spacial score (nSPS) is 27.4. The van der Waals surface area contributed by atoms with Gasteiger partial charge in [-0.1, -0.05) is 36.5 Å². The van der Waals surface area contributed by atoms with Gasteiger partial charge >= 0.3 is 0 Å². The van der Waals surface area contributed by atoms with E-state index in [1.807, 2.05) is 0 Å². The molecule has 0 heteroatoms. The smallest absolute Gasteiger partial charge is 0.0316 e. The fraction of sp³-hybridized carbons (Fsp3) is 0.571. The van der Waals surface area contributed by atoms with Crippen LogP contribution in [-0.4, -0.2) is 0 Å². The summed E-state index contributed by atoms with van der Waals surface area (Å²) in [5.74, 6) is 0. The van der Waals surface area contributed by atoms with Gasteiger partial charge in [-0.15, -0.1) is 0 Å². The van der Waals surface area contributed by atoms with Gasteiger partial charge in [-0.25, -0.2) is 0 Å². The van der Waals surface area contributed by atoms with Crippen molar-refractivity contribution in [3.63, 3.8) is 0 Å². The van der Waals surface area contributed by atoms with Gasteiger partial charge in [0.2, 0.25) is 0 Å². The molecule has 14 heavy (non-hydrogen) atoms. The standard InChI is InChI=1S/C14H22/c1-2-4-6-8-10-12-14-13-11-9-7-5-3-1/h1-2,7-10H,3-6,11-14H2/b2-1+,9-7+,10-8+. The molecule has 0 N–H and O–H groups in total. The van der Waals surface area contributed by atoms with Gasteiger partial charge < -0.3 is 0 Å². The molecule has 0 unspecified atom stereocenters. The van der Waals surface area contributed by atoms with Crippen LogP contribution in [0.2, 0.25) is 0 Å². The van der Waals surface area contributed by atoms with Crippen LogP contribution < -0.4 is 0 Å². The number of hydrogen-bond donors (Lipinski definition) is 0. The Morgan fingerprint density at radius 1 is 0.357 bits per heavy atom. The zero-order valence-electron chi connectivity index (χ0n) is 9.12. The van der Waals surface area contributed by atoms with E-state index in [9.17, 15) is 0 Å². The Bertz CT molecular complexity index is 174. The summed E-state index contributed by atoms with van der Waals surface area (Å²) < 4.78 is 0. The van der Waals surface area contributed by atoms with Crippen molar-refractivity contribution in [1.82, 2.24) is 0 Å². The molecule has 0 amide bonds. The summed E-state index contributed by atoms with van der Waals surface area (Å²) in [6.07, 6.45) is 24.0. The maximum atomic E-state index is 2.34. The van der Waals surface area contributed by atoms with Crippen LogP contribution in [0.25, 0.3) is 0 Å². The van der Waals surface area contributed by atoms with E-state index in [1.54, 1.807) is 0 Å². The maximum absolute atomic E-state index is 2.34. The van der Waals surface area contributed by atoms with Crippen LogP contribution in [0.5, 0.6) is 0 Å². The predicted octanol–water partition coefficient (Wildman–Crippen LogP) is 4.79. The molecule has 0 radical (unpaired) electrons. The van der Waals surface area contributed by atoms with Crippen LogP contribution in [-0.2, 0) is 0 Å². The van der Waals surface area contributed by atoms with Crippen LogP contribution in [0.1, 0.15) is 51.4 Å². The minimum Gasteiger partial charge on any atom is -0.0885 e. The summed E-state index contributed by atoms with van der Waals surface area (Å²) >= 11 is 0. The fourth-order valence-electron chi connectivity index (χ4n) is 1.62. The molecule has 0 aromatic rings. The van der Waals surface area contributed by atoms with Crippen molar-refractivity contribution in [2.45, 2.75) is 51.4 Å². The largest absolute Gasteiger partial charge is 0.0885 e. The molecule has 0 aliphatic heterocycles. The highest BCUT2D eigenvalue weighted by Gasteiger charge is 1.85. The molecule has 0 saturated heterocycles. The van der Waals surface area contributed by atoms with Crippen LogP contribution in [0.3, 0.4) is 0 Å². The van der Waals surface area contributed by atoms with E-state index in [4.69, 9.17) is 0 Å². The first-order valence-corrected chi connectivity index (χ1v) is 5.95. The Morgan fingerprint density at radius 3 is 1.00 bits per heavy atom. The lowest BCUT2D eigenvalue weighted by Gasteiger charge is -1.95. The molecule has 0 heterocycles. The van der Waals surface area contributed by atoms with Crippen molar-refractivity contribution in [2.24, 2.45) is 0 Å². The molecule has 1 aliphatic carbocycles. The second kappa shape index (κ2) is 8.80. The Balaban J connectivity index is 2.25. The van der Waals surface area contributed by atoms with Crippen molar-refractivity contribution in [1.29, 1.82) is 0 Å². The summed E-state index contributed by atoms with van der Waals surface area (Å²) in [4.78, 5) is 0. The monoisotopic (exact) mass is 190 g/mol. The van der Waals surface area contributed by atoms with E-state index in [0.29, 0.717) is 0 Å². The lowest BCUT2D eigenvalue weighted by Crippen LogP contribution is -1.75. The zero-order valence-corrected chi connectivity index (χ0v) is 9.12. The van der Waals surface area contributed by atoms with Crippen molar-refractivity contribution < 1.29 is 0 Å². The molecule has 0 atom stereocenters. The number of hydrogen-bond acceptors (Lipinski definition) is 0. The lowest BCUT2D eigenvalue weighted by atomic mass is 10.1. The summed E-state index contributed by atoms with van der Waals surface area (Å²) in [6.45, 7) is 0. The van der Waals surface area contributed by atoms with E-state index in [-0.39, 0.29) is 0 Å². The summed E-state index contributed by atoms with van der Waals surface area (Å²) in [5.41, 5.74) is 0. The number of rotatable bonds is 0. The SMILES string of the molecule is C1=C/CC/C=C/CCCC/C=C/CC/1. The van der Waals surface area contributed by atoms with E-state index < -0.39 is 0 Å². The quantitative estimate of drug-likeness (QED) is 0.482. The predicted molar refractivity (Wildman–Crippen MR) is 64.4 cm³/mol. The van der Waals surface area contributed by atoms with Gasteiger partial charge in [-0.05, 0) is 51.4 Å².